The summed E-state index contributed by atoms with van der Waals surface area (Å²) in [5.41, 5.74) is 1.83. The molecule has 1 aliphatic carbocycles. The molecule has 176 valence electrons. The second-order valence-electron chi connectivity index (χ2n) is 8.53. The maximum atomic E-state index is 13.7. The molecule has 2 aromatic carbocycles. The summed E-state index contributed by atoms with van der Waals surface area (Å²) < 4.78 is 5.27. The van der Waals surface area contributed by atoms with Crippen molar-refractivity contribution in [2.45, 2.75) is 50.7 Å². The fourth-order valence-corrected chi connectivity index (χ4v) is 4.40. The first-order chi connectivity index (χ1) is 16.7. The third-order valence-corrected chi connectivity index (χ3v) is 6.18. The van der Waals surface area contributed by atoms with Gasteiger partial charge in [-0.15, -0.1) is 0 Å². The molecule has 0 bridgehead atoms. The van der Waals surface area contributed by atoms with Crippen molar-refractivity contribution in [2.75, 3.05) is 7.11 Å². The van der Waals surface area contributed by atoms with Crippen molar-refractivity contribution in [3.8, 4) is 5.75 Å². The van der Waals surface area contributed by atoms with Crippen LogP contribution in [0.4, 0.5) is 0 Å². The van der Waals surface area contributed by atoms with Crippen molar-refractivity contribution < 1.29 is 14.3 Å². The summed E-state index contributed by atoms with van der Waals surface area (Å²) in [6.07, 6.45) is 9.78. The number of benzene rings is 2. The first kappa shape index (κ1) is 23.4. The van der Waals surface area contributed by atoms with E-state index in [9.17, 15) is 9.59 Å². The van der Waals surface area contributed by atoms with Gasteiger partial charge in [0.25, 0.3) is 5.91 Å². The molecule has 0 aliphatic heterocycles. The van der Waals surface area contributed by atoms with Crippen LogP contribution in [0.5, 0.6) is 5.75 Å². The average molecular weight is 459 g/mol. The standard InChI is InChI=1S/C27H30N4O3/c1-34-23-14-12-20(13-15-23)19-31(27(33)24-18-28-16-17-29-24)25(21-8-4-2-5-9-21)26(32)30-22-10-6-3-7-11-22/h2,4-5,8-9,12-18,22,25H,3,6-7,10-11,19H2,1H3,(H,30,32)/t25-/m0/s1. The number of hydrogen-bond acceptors (Lipinski definition) is 5. The van der Waals surface area contributed by atoms with E-state index in [0.29, 0.717) is 0 Å². The molecule has 1 heterocycles. The Morgan fingerprint density at radius 1 is 1.03 bits per heavy atom. The smallest absolute Gasteiger partial charge is 0.275 e. The molecule has 0 unspecified atom stereocenters. The van der Waals surface area contributed by atoms with Gasteiger partial charge in [0.05, 0.1) is 13.3 Å². The van der Waals surface area contributed by atoms with Gasteiger partial charge < -0.3 is 15.0 Å². The Labute approximate surface area is 200 Å². The van der Waals surface area contributed by atoms with Crippen LogP contribution in [-0.4, -0.2) is 39.8 Å². The summed E-state index contributed by atoms with van der Waals surface area (Å²) in [5, 5.41) is 3.22. The highest BCUT2D eigenvalue weighted by molar-refractivity contribution is 5.96. The highest BCUT2D eigenvalue weighted by Crippen LogP contribution is 2.27. The van der Waals surface area contributed by atoms with Crippen LogP contribution >= 0.6 is 0 Å². The predicted molar refractivity (Wildman–Crippen MR) is 129 cm³/mol. The zero-order chi connectivity index (χ0) is 23.8. The van der Waals surface area contributed by atoms with Crippen LogP contribution in [0.3, 0.4) is 0 Å². The minimum atomic E-state index is -0.806. The van der Waals surface area contributed by atoms with Gasteiger partial charge in [-0.25, -0.2) is 4.98 Å². The molecule has 0 radical (unpaired) electrons. The fourth-order valence-electron chi connectivity index (χ4n) is 4.40. The Balaban J connectivity index is 1.71. The summed E-state index contributed by atoms with van der Waals surface area (Å²) in [6.45, 7) is 0.233. The number of carbonyl (C=O) groups excluding carboxylic acids is 2. The molecule has 0 saturated heterocycles. The quantitative estimate of drug-likeness (QED) is 0.544. The molecule has 4 rings (SSSR count). The van der Waals surface area contributed by atoms with Crippen LogP contribution in [0.15, 0.2) is 73.2 Å². The molecule has 34 heavy (non-hydrogen) atoms. The van der Waals surface area contributed by atoms with E-state index in [4.69, 9.17) is 4.74 Å². The molecular weight excluding hydrogens is 428 g/mol. The lowest BCUT2D eigenvalue weighted by Gasteiger charge is -2.33. The fraction of sp³-hybridized carbons (Fsp3) is 0.333. The zero-order valence-electron chi connectivity index (χ0n) is 19.4. The van der Waals surface area contributed by atoms with Crippen LogP contribution < -0.4 is 10.1 Å². The van der Waals surface area contributed by atoms with E-state index < -0.39 is 6.04 Å². The third kappa shape index (κ3) is 5.78. The van der Waals surface area contributed by atoms with Crippen molar-refractivity contribution >= 4 is 11.8 Å². The van der Waals surface area contributed by atoms with Gasteiger partial charge in [0.15, 0.2) is 0 Å². The van der Waals surface area contributed by atoms with Gasteiger partial charge in [-0.05, 0) is 36.1 Å². The number of amides is 2. The number of carbonyl (C=O) groups is 2. The highest BCUT2D eigenvalue weighted by Gasteiger charge is 2.34. The monoisotopic (exact) mass is 458 g/mol. The molecule has 0 spiro atoms. The van der Waals surface area contributed by atoms with Crippen LogP contribution in [0.2, 0.25) is 0 Å². The summed E-state index contributed by atoms with van der Waals surface area (Å²) in [7, 11) is 1.61. The summed E-state index contributed by atoms with van der Waals surface area (Å²) in [5.74, 6) is 0.200. The minimum Gasteiger partial charge on any atom is -0.497 e. The lowest BCUT2D eigenvalue weighted by molar-refractivity contribution is -0.127. The van der Waals surface area contributed by atoms with Crippen molar-refractivity contribution in [2.24, 2.45) is 0 Å². The van der Waals surface area contributed by atoms with E-state index in [1.807, 2.05) is 54.6 Å². The van der Waals surface area contributed by atoms with Crippen molar-refractivity contribution in [1.82, 2.24) is 20.2 Å². The van der Waals surface area contributed by atoms with Crippen molar-refractivity contribution in [3.63, 3.8) is 0 Å². The van der Waals surface area contributed by atoms with E-state index in [1.165, 1.54) is 25.0 Å². The number of rotatable bonds is 8. The number of nitrogens with zero attached hydrogens (tertiary/aromatic N) is 3. The van der Waals surface area contributed by atoms with E-state index in [0.717, 1.165) is 42.6 Å². The van der Waals surface area contributed by atoms with Gasteiger partial charge in [0.2, 0.25) is 5.91 Å². The van der Waals surface area contributed by atoms with Crippen LogP contribution in [0.25, 0.3) is 0 Å². The number of methoxy groups -OCH3 is 1. The molecule has 1 fully saturated rings. The van der Waals surface area contributed by atoms with E-state index in [-0.39, 0.29) is 30.1 Å². The largest absolute Gasteiger partial charge is 0.497 e. The van der Waals surface area contributed by atoms with Crippen LogP contribution in [0, 0.1) is 0 Å². The number of aromatic nitrogens is 2. The first-order valence-corrected chi connectivity index (χ1v) is 11.7. The summed E-state index contributed by atoms with van der Waals surface area (Å²) in [6, 6.07) is 16.3. The Kier molecular flexibility index (Phi) is 7.86. The summed E-state index contributed by atoms with van der Waals surface area (Å²) >= 11 is 0. The SMILES string of the molecule is COc1ccc(CN(C(=O)c2cnccn2)[C@H](C(=O)NC2CCCCC2)c2ccccc2)cc1. The number of hydrogen-bond donors (Lipinski definition) is 1. The molecular formula is C27H30N4O3. The number of nitrogens with one attached hydrogen (secondary N) is 1. The molecule has 1 N–H and O–H groups in total. The van der Waals surface area contributed by atoms with E-state index in [2.05, 4.69) is 15.3 Å². The van der Waals surface area contributed by atoms with Crippen molar-refractivity contribution in [3.05, 3.63) is 90.0 Å². The third-order valence-electron chi connectivity index (χ3n) is 6.18. The molecule has 1 atom stereocenters. The maximum absolute atomic E-state index is 13.7. The molecule has 2 amide bonds. The molecule has 1 saturated carbocycles. The first-order valence-electron chi connectivity index (χ1n) is 11.7. The highest BCUT2D eigenvalue weighted by atomic mass is 16.5. The zero-order valence-corrected chi connectivity index (χ0v) is 19.4. The van der Waals surface area contributed by atoms with Gasteiger partial charge in [0, 0.05) is 25.0 Å². The molecule has 7 nitrogen and oxygen atoms in total. The molecule has 3 aromatic rings. The normalized spacial score (nSPS) is 14.7. The molecule has 1 aliphatic rings. The minimum absolute atomic E-state index is 0.127. The lowest BCUT2D eigenvalue weighted by Crippen LogP contribution is -2.47. The van der Waals surface area contributed by atoms with Gasteiger partial charge in [0.1, 0.15) is 17.5 Å². The van der Waals surface area contributed by atoms with Crippen LogP contribution in [0.1, 0.15) is 59.8 Å². The van der Waals surface area contributed by atoms with Crippen molar-refractivity contribution in [1.29, 1.82) is 0 Å². The Bertz CT molecular complexity index is 1070. The van der Waals surface area contributed by atoms with Gasteiger partial charge in [-0.3, -0.25) is 14.6 Å². The maximum Gasteiger partial charge on any atom is 0.275 e. The van der Waals surface area contributed by atoms with Gasteiger partial charge >= 0.3 is 0 Å². The second kappa shape index (κ2) is 11.4. The summed E-state index contributed by atoms with van der Waals surface area (Å²) in [4.78, 5) is 37.3. The lowest BCUT2D eigenvalue weighted by atomic mass is 9.94. The molecule has 1 aromatic heterocycles. The molecule has 7 heteroatoms. The van der Waals surface area contributed by atoms with Crippen LogP contribution in [-0.2, 0) is 11.3 Å². The predicted octanol–water partition coefficient (Wildman–Crippen LogP) is 4.32. The van der Waals surface area contributed by atoms with Gasteiger partial charge in [-0.1, -0.05) is 61.7 Å². The Morgan fingerprint density at radius 2 is 1.76 bits per heavy atom. The van der Waals surface area contributed by atoms with E-state index in [1.54, 1.807) is 12.0 Å². The number of ether oxygens (including phenoxy) is 1. The van der Waals surface area contributed by atoms with E-state index >= 15 is 0 Å². The topological polar surface area (TPSA) is 84.4 Å². The average Bonchev–Trinajstić information content (AvgIpc) is 2.90. The second-order valence-corrected chi connectivity index (χ2v) is 8.53. The van der Waals surface area contributed by atoms with Gasteiger partial charge in [-0.2, -0.15) is 0 Å². The Hall–Kier alpha value is -3.74. The Morgan fingerprint density at radius 3 is 2.41 bits per heavy atom.